The molecule has 0 radical (unpaired) electrons. The average molecular weight is 275 g/mol. The van der Waals surface area contributed by atoms with Gasteiger partial charge in [0.25, 0.3) is 5.91 Å². The predicted octanol–water partition coefficient (Wildman–Crippen LogP) is 2.88. The third-order valence-electron chi connectivity index (χ3n) is 4.54. The Kier molecular flexibility index (Phi) is 4.81. The van der Waals surface area contributed by atoms with Crippen molar-refractivity contribution >= 4 is 5.91 Å². The van der Waals surface area contributed by atoms with Gasteiger partial charge >= 0.3 is 0 Å². The van der Waals surface area contributed by atoms with Gasteiger partial charge < -0.3 is 9.80 Å². The molecule has 1 saturated carbocycles. The van der Waals surface area contributed by atoms with Crippen LogP contribution >= 0.6 is 0 Å². The molecule has 0 aliphatic heterocycles. The lowest BCUT2D eigenvalue weighted by Crippen LogP contribution is -2.53. The van der Waals surface area contributed by atoms with Crippen LogP contribution in [0, 0.1) is 0 Å². The summed E-state index contributed by atoms with van der Waals surface area (Å²) in [6, 6.07) is 10.9. The van der Waals surface area contributed by atoms with Gasteiger partial charge in [0.1, 0.15) is 0 Å². The molecule has 20 heavy (non-hydrogen) atoms. The van der Waals surface area contributed by atoms with Crippen molar-refractivity contribution in [1.82, 2.24) is 5.32 Å². The monoisotopic (exact) mass is 275 g/mol. The van der Waals surface area contributed by atoms with Crippen molar-refractivity contribution in [2.45, 2.75) is 44.7 Å². The van der Waals surface area contributed by atoms with Crippen LogP contribution in [-0.4, -0.2) is 37.1 Å². The van der Waals surface area contributed by atoms with Gasteiger partial charge in [0.2, 0.25) is 0 Å². The highest BCUT2D eigenvalue weighted by Gasteiger charge is 2.33. The molecule has 3 heteroatoms. The van der Waals surface area contributed by atoms with Gasteiger partial charge in [-0.25, -0.2) is 0 Å². The zero-order valence-electron chi connectivity index (χ0n) is 12.9. The topological polar surface area (TPSA) is 29.1 Å². The second kappa shape index (κ2) is 6.40. The van der Waals surface area contributed by atoms with Gasteiger partial charge in [-0.15, -0.1) is 0 Å². The van der Waals surface area contributed by atoms with E-state index in [1.54, 1.807) is 0 Å². The Morgan fingerprint density at radius 1 is 1.25 bits per heavy atom. The highest BCUT2D eigenvalue weighted by atomic mass is 16.2. The normalized spacial score (nSPS) is 17.9. The van der Waals surface area contributed by atoms with E-state index in [4.69, 9.17) is 0 Å². The van der Waals surface area contributed by atoms with Crippen LogP contribution in [0.15, 0.2) is 30.3 Å². The van der Waals surface area contributed by atoms with Gasteiger partial charge in [0.05, 0.1) is 26.2 Å². The van der Waals surface area contributed by atoms with Crippen molar-refractivity contribution in [2.75, 3.05) is 20.6 Å². The van der Waals surface area contributed by atoms with Gasteiger partial charge in [-0.1, -0.05) is 30.3 Å². The first-order valence-electron chi connectivity index (χ1n) is 7.66. The van der Waals surface area contributed by atoms with E-state index >= 15 is 0 Å². The summed E-state index contributed by atoms with van der Waals surface area (Å²) < 4.78 is 0.813. The van der Waals surface area contributed by atoms with E-state index in [1.165, 1.54) is 25.7 Å². The molecular formula is C17H27N2O+. The Labute approximate surface area is 122 Å². The van der Waals surface area contributed by atoms with E-state index in [0.717, 1.165) is 10.0 Å². The van der Waals surface area contributed by atoms with Crippen LogP contribution in [0.5, 0.6) is 0 Å². The summed E-state index contributed by atoms with van der Waals surface area (Å²) >= 11 is 0. The second-order valence-electron chi connectivity index (χ2n) is 6.57. The Bertz CT molecular complexity index is 436. The summed E-state index contributed by atoms with van der Waals surface area (Å²) in [7, 11) is 4.37. The van der Waals surface area contributed by atoms with Crippen molar-refractivity contribution in [3.8, 4) is 0 Å². The summed E-state index contributed by atoms with van der Waals surface area (Å²) in [5.41, 5.74) is 1.16. The molecule has 1 fully saturated rings. The summed E-state index contributed by atoms with van der Waals surface area (Å²) in [4.78, 5) is 12.3. The first-order chi connectivity index (χ1) is 9.49. The fourth-order valence-corrected chi connectivity index (χ4v) is 3.21. The number of carbonyl (C=O) groups is 1. The third kappa shape index (κ3) is 3.83. The second-order valence-corrected chi connectivity index (χ2v) is 6.57. The van der Waals surface area contributed by atoms with Crippen LogP contribution in [0.1, 0.15) is 44.2 Å². The molecule has 0 spiro atoms. The number of likely N-dealkylation sites (N-methyl/N-ethyl adjacent to an activating group) is 1. The zero-order valence-corrected chi connectivity index (χ0v) is 12.9. The molecule has 1 aromatic rings. The first-order valence-corrected chi connectivity index (χ1v) is 7.66. The molecule has 0 unspecified atom stereocenters. The lowest BCUT2D eigenvalue weighted by Gasteiger charge is -2.35. The minimum Gasteiger partial charge on any atom is -0.345 e. The molecule has 0 aromatic heterocycles. The van der Waals surface area contributed by atoms with Crippen LogP contribution in [0.2, 0.25) is 0 Å². The quantitative estimate of drug-likeness (QED) is 0.823. The molecule has 0 saturated heterocycles. The van der Waals surface area contributed by atoms with Crippen LogP contribution in [0.3, 0.4) is 0 Å². The Hall–Kier alpha value is -1.35. The Morgan fingerprint density at radius 3 is 2.45 bits per heavy atom. The number of rotatable bonds is 5. The molecule has 0 bridgehead atoms. The number of nitrogens with one attached hydrogen (secondary N) is 1. The summed E-state index contributed by atoms with van der Waals surface area (Å²) in [5, 5.41) is 3.12. The molecule has 1 aromatic carbocycles. The highest BCUT2D eigenvalue weighted by molar-refractivity contribution is 5.77. The fourth-order valence-electron chi connectivity index (χ4n) is 3.21. The van der Waals surface area contributed by atoms with Crippen LogP contribution in [-0.2, 0) is 4.79 Å². The van der Waals surface area contributed by atoms with Crippen molar-refractivity contribution < 1.29 is 9.28 Å². The number of hydrogen-bond acceptors (Lipinski definition) is 1. The largest absolute Gasteiger partial charge is 0.345 e. The van der Waals surface area contributed by atoms with Gasteiger partial charge in [0.15, 0.2) is 6.54 Å². The van der Waals surface area contributed by atoms with Crippen molar-refractivity contribution in [3.05, 3.63) is 35.9 Å². The molecule has 110 valence electrons. The van der Waals surface area contributed by atoms with E-state index in [-0.39, 0.29) is 11.9 Å². The lowest BCUT2D eigenvalue weighted by atomic mass is 10.1. The van der Waals surface area contributed by atoms with Crippen molar-refractivity contribution in [2.24, 2.45) is 0 Å². The van der Waals surface area contributed by atoms with Gasteiger partial charge in [0, 0.05) is 0 Å². The number of amides is 1. The number of carbonyl (C=O) groups excluding carboxylic acids is 1. The fraction of sp³-hybridized carbons (Fsp3) is 0.588. The van der Waals surface area contributed by atoms with Gasteiger partial charge in [-0.05, 0) is 38.2 Å². The minimum atomic E-state index is 0.0762. The maximum atomic E-state index is 12.3. The lowest BCUT2D eigenvalue weighted by molar-refractivity contribution is -0.906. The number of benzene rings is 1. The molecule has 0 heterocycles. The maximum Gasteiger partial charge on any atom is 0.275 e. The average Bonchev–Trinajstić information content (AvgIpc) is 2.93. The molecule has 1 atom stereocenters. The standard InChI is InChI=1S/C17H26N2O/c1-14(15-9-5-4-6-10-15)18-17(20)13-19(2,3)16-11-7-8-12-16/h4-6,9-10,14,16H,7-8,11-13H2,1-3H3/p+1/t14-/m0/s1. The molecule has 1 amide bonds. The SMILES string of the molecule is C[C@H](NC(=O)C[N+](C)(C)C1CCCC1)c1ccccc1. The van der Waals surface area contributed by atoms with Crippen LogP contribution in [0.25, 0.3) is 0 Å². The van der Waals surface area contributed by atoms with Crippen molar-refractivity contribution in [1.29, 1.82) is 0 Å². The van der Waals surface area contributed by atoms with E-state index in [9.17, 15) is 4.79 Å². The van der Waals surface area contributed by atoms with Gasteiger partial charge in [-0.2, -0.15) is 0 Å². The highest BCUT2D eigenvalue weighted by Crippen LogP contribution is 2.26. The zero-order chi connectivity index (χ0) is 14.6. The van der Waals surface area contributed by atoms with Crippen LogP contribution < -0.4 is 5.32 Å². The van der Waals surface area contributed by atoms with Crippen LogP contribution in [0.4, 0.5) is 0 Å². The van der Waals surface area contributed by atoms with E-state index in [2.05, 4.69) is 31.5 Å². The van der Waals surface area contributed by atoms with E-state index in [1.807, 2.05) is 25.1 Å². The molecule has 1 aliphatic rings. The number of hydrogen-bond donors (Lipinski definition) is 1. The van der Waals surface area contributed by atoms with Gasteiger partial charge in [-0.3, -0.25) is 4.79 Å². The van der Waals surface area contributed by atoms with E-state index < -0.39 is 0 Å². The Balaban J connectivity index is 1.88. The molecule has 1 N–H and O–H groups in total. The summed E-state index contributed by atoms with van der Waals surface area (Å²) in [5.74, 6) is 0.151. The number of nitrogens with zero attached hydrogens (tertiary/aromatic N) is 1. The number of quaternary nitrogens is 1. The maximum absolute atomic E-state index is 12.3. The van der Waals surface area contributed by atoms with Crippen molar-refractivity contribution in [3.63, 3.8) is 0 Å². The first kappa shape index (κ1) is 15.0. The predicted molar refractivity (Wildman–Crippen MR) is 82.2 cm³/mol. The Morgan fingerprint density at radius 2 is 1.85 bits per heavy atom. The molecule has 1 aliphatic carbocycles. The third-order valence-corrected chi connectivity index (χ3v) is 4.54. The summed E-state index contributed by atoms with van der Waals surface area (Å²) in [6.45, 7) is 2.62. The molecule has 3 nitrogen and oxygen atoms in total. The smallest absolute Gasteiger partial charge is 0.275 e. The molecular weight excluding hydrogens is 248 g/mol. The summed E-state index contributed by atoms with van der Waals surface area (Å²) in [6.07, 6.45) is 5.14. The van der Waals surface area contributed by atoms with E-state index in [0.29, 0.717) is 12.6 Å². The molecule has 2 rings (SSSR count). The minimum absolute atomic E-state index is 0.0762.